The van der Waals surface area contributed by atoms with Gasteiger partial charge in [0, 0.05) is 5.39 Å². The molecular formula is C15H20O. The predicted octanol–water partition coefficient (Wildman–Crippen LogP) is 4.64. The highest BCUT2D eigenvalue weighted by molar-refractivity contribution is 5.82. The molecule has 0 aliphatic rings. The predicted molar refractivity (Wildman–Crippen MR) is 68.8 cm³/mol. The molecule has 1 nitrogen and oxygen atoms in total. The molecule has 0 fully saturated rings. The summed E-state index contributed by atoms with van der Waals surface area (Å²) in [6.45, 7) is 11.0. The molecule has 0 radical (unpaired) electrons. The number of aryl methyl sites for hydroxylation is 2. The molecule has 0 amide bonds. The van der Waals surface area contributed by atoms with Crippen LogP contribution in [-0.2, 0) is 6.42 Å². The molecule has 0 atom stereocenters. The van der Waals surface area contributed by atoms with Crippen LogP contribution in [0.3, 0.4) is 0 Å². The monoisotopic (exact) mass is 216 g/mol. The van der Waals surface area contributed by atoms with Gasteiger partial charge in [0.1, 0.15) is 11.3 Å². The molecule has 1 heteroatoms. The van der Waals surface area contributed by atoms with E-state index in [-0.39, 0.29) is 0 Å². The van der Waals surface area contributed by atoms with Gasteiger partial charge in [0.05, 0.1) is 0 Å². The maximum absolute atomic E-state index is 5.70. The van der Waals surface area contributed by atoms with Crippen molar-refractivity contribution in [3.63, 3.8) is 0 Å². The summed E-state index contributed by atoms with van der Waals surface area (Å²) >= 11 is 0. The number of fused-ring (bicyclic) bond motifs is 1. The van der Waals surface area contributed by atoms with E-state index in [1.807, 2.05) is 6.92 Å². The first kappa shape index (κ1) is 11.3. The van der Waals surface area contributed by atoms with Crippen LogP contribution in [0, 0.1) is 19.3 Å². The van der Waals surface area contributed by atoms with Crippen molar-refractivity contribution in [1.29, 1.82) is 0 Å². The third kappa shape index (κ3) is 2.29. The van der Waals surface area contributed by atoms with Crippen LogP contribution in [0.2, 0.25) is 0 Å². The zero-order valence-corrected chi connectivity index (χ0v) is 10.8. The van der Waals surface area contributed by atoms with Gasteiger partial charge in [-0.25, -0.2) is 0 Å². The highest BCUT2D eigenvalue weighted by atomic mass is 16.3. The van der Waals surface area contributed by atoms with E-state index in [9.17, 15) is 0 Å². The molecule has 0 spiro atoms. The molecule has 0 aliphatic carbocycles. The summed E-state index contributed by atoms with van der Waals surface area (Å²) < 4.78 is 5.70. The highest BCUT2D eigenvalue weighted by Gasteiger charge is 2.13. The minimum atomic E-state index is 0.321. The minimum Gasteiger partial charge on any atom is -0.461 e. The summed E-state index contributed by atoms with van der Waals surface area (Å²) in [5.74, 6) is 0.992. The fourth-order valence-electron chi connectivity index (χ4n) is 2.23. The zero-order chi connectivity index (χ0) is 11.9. The Hall–Kier alpha value is -1.24. The zero-order valence-electron chi connectivity index (χ0n) is 10.8. The molecule has 0 aliphatic heterocycles. The van der Waals surface area contributed by atoms with Gasteiger partial charge < -0.3 is 4.42 Å². The second kappa shape index (κ2) is 3.65. The first-order valence-corrected chi connectivity index (χ1v) is 5.85. The summed E-state index contributed by atoms with van der Waals surface area (Å²) in [4.78, 5) is 0. The van der Waals surface area contributed by atoms with E-state index in [1.54, 1.807) is 0 Å². The summed E-state index contributed by atoms with van der Waals surface area (Å²) in [7, 11) is 0. The van der Waals surface area contributed by atoms with Gasteiger partial charge in [-0.2, -0.15) is 0 Å². The van der Waals surface area contributed by atoms with Crippen molar-refractivity contribution in [2.24, 2.45) is 5.41 Å². The van der Waals surface area contributed by atoms with Gasteiger partial charge in [-0.1, -0.05) is 26.8 Å². The molecule has 16 heavy (non-hydrogen) atoms. The van der Waals surface area contributed by atoms with Crippen LogP contribution >= 0.6 is 0 Å². The summed E-state index contributed by atoms with van der Waals surface area (Å²) in [6.07, 6.45) is 1.09. The Bertz CT molecular complexity index is 512. The van der Waals surface area contributed by atoms with E-state index >= 15 is 0 Å². The Morgan fingerprint density at radius 1 is 1.06 bits per heavy atom. The van der Waals surface area contributed by atoms with E-state index in [4.69, 9.17) is 4.42 Å². The Kier molecular flexibility index (Phi) is 2.57. The Labute approximate surface area is 97.5 Å². The van der Waals surface area contributed by atoms with Gasteiger partial charge in [0.2, 0.25) is 0 Å². The molecule has 2 aromatic rings. The van der Waals surface area contributed by atoms with Gasteiger partial charge in [0.25, 0.3) is 0 Å². The molecule has 2 rings (SSSR count). The van der Waals surface area contributed by atoms with E-state index in [1.165, 1.54) is 16.5 Å². The molecule has 1 heterocycles. The Morgan fingerprint density at radius 2 is 1.75 bits per heavy atom. The molecule has 0 N–H and O–H groups in total. The molecular weight excluding hydrogens is 196 g/mol. The second-order valence-electron chi connectivity index (χ2n) is 5.92. The van der Waals surface area contributed by atoms with Crippen LogP contribution in [0.1, 0.15) is 37.7 Å². The van der Waals surface area contributed by atoms with Gasteiger partial charge in [0.15, 0.2) is 0 Å². The number of furan rings is 1. The number of rotatable bonds is 1. The topological polar surface area (TPSA) is 13.1 Å². The van der Waals surface area contributed by atoms with Crippen molar-refractivity contribution in [2.75, 3.05) is 0 Å². The van der Waals surface area contributed by atoms with Crippen molar-refractivity contribution in [3.05, 3.63) is 35.1 Å². The minimum absolute atomic E-state index is 0.321. The molecule has 0 saturated carbocycles. The van der Waals surface area contributed by atoms with Crippen LogP contribution in [0.15, 0.2) is 22.6 Å². The van der Waals surface area contributed by atoms with Crippen LogP contribution in [0.4, 0.5) is 0 Å². The molecule has 1 aromatic heterocycles. The molecule has 0 unspecified atom stereocenters. The normalized spacial score (nSPS) is 12.3. The standard InChI is InChI=1S/C15H20O/c1-10-6-12(9-15(3,4)5)8-14-13(10)7-11(2)16-14/h6-8H,9H2,1-5H3. The van der Waals surface area contributed by atoms with Gasteiger partial charge in [-0.15, -0.1) is 0 Å². The summed E-state index contributed by atoms with van der Waals surface area (Å²) in [5, 5.41) is 1.25. The first-order chi connectivity index (χ1) is 7.35. The van der Waals surface area contributed by atoms with Crippen molar-refractivity contribution in [1.82, 2.24) is 0 Å². The molecule has 0 saturated heterocycles. The van der Waals surface area contributed by atoms with Crippen molar-refractivity contribution in [2.45, 2.75) is 41.0 Å². The quantitative estimate of drug-likeness (QED) is 0.677. The smallest absolute Gasteiger partial charge is 0.134 e. The summed E-state index contributed by atoms with van der Waals surface area (Å²) in [5.41, 5.74) is 4.03. The fourth-order valence-corrected chi connectivity index (χ4v) is 2.23. The maximum atomic E-state index is 5.70. The van der Waals surface area contributed by atoms with Crippen molar-refractivity contribution in [3.8, 4) is 0 Å². The lowest BCUT2D eigenvalue weighted by molar-refractivity contribution is 0.411. The van der Waals surface area contributed by atoms with Crippen LogP contribution in [0.25, 0.3) is 11.0 Å². The lowest BCUT2D eigenvalue weighted by Gasteiger charge is -2.18. The summed E-state index contributed by atoms with van der Waals surface area (Å²) in [6, 6.07) is 6.58. The Balaban J connectivity index is 2.49. The molecule has 86 valence electrons. The lowest BCUT2D eigenvalue weighted by atomic mass is 9.87. The van der Waals surface area contributed by atoms with E-state index in [0.29, 0.717) is 5.41 Å². The largest absolute Gasteiger partial charge is 0.461 e. The lowest BCUT2D eigenvalue weighted by Crippen LogP contribution is -2.09. The van der Waals surface area contributed by atoms with Gasteiger partial charge >= 0.3 is 0 Å². The third-order valence-electron chi connectivity index (χ3n) is 2.76. The van der Waals surface area contributed by atoms with E-state index < -0.39 is 0 Å². The SMILES string of the molecule is Cc1cc2c(C)cc(CC(C)(C)C)cc2o1. The fraction of sp³-hybridized carbons (Fsp3) is 0.467. The highest BCUT2D eigenvalue weighted by Crippen LogP contribution is 2.28. The van der Waals surface area contributed by atoms with Crippen LogP contribution < -0.4 is 0 Å². The third-order valence-corrected chi connectivity index (χ3v) is 2.76. The van der Waals surface area contributed by atoms with Crippen molar-refractivity contribution >= 4 is 11.0 Å². The number of hydrogen-bond donors (Lipinski definition) is 0. The van der Waals surface area contributed by atoms with Gasteiger partial charge in [-0.05, 0) is 48.9 Å². The average Bonchev–Trinajstić information content (AvgIpc) is 2.42. The second-order valence-corrected chi connectivity index (χ2v) is 5.92. The number of hydrogen-bond acceptors (Lipinski definition) is 1. The maximum Gasteiger partial charge on any atom is 0.134 e. The molecule has 1 aromatic carbocycles. The van der Waals surface area contributed by atoms with Crippen LogP contribution in [0.5, 0.6) is 0 Å². The van der Waals surface area contributed by atoms with E-state index in [0.717, 1.165) is 17.8 Å². The van der Waals surface area contributed by atoms with Crippen LogP contribution in [-0.4, -0.2) is 0 Å². The molecule has 0 bridgehead atoms. The average molecular weight is 216 g/mol. The Morgan fingerprint density at radius 3 is 2.38 bits per heavy atom. The van der Waals surface area contributed by atoms with Crippen molar-refractivity contribution < 1.29 is 4.42 Å². The van der Waals surface area contributed by atoms with E-state index in [2.05, 4.69) is 45.9 Å². The first-order valence-electron chi connectivity index (χ1n) is 5.85. The van der Waals surface area contributed by atoms with Gasteiger partial charge in [-0.3, -0.25) is 0 Å². The number of benzene rings is 1.